The Balaban J connectivity index is 1.85. The molecule has 128 valence electrons. The second-order valence-electron chi connectivity index (χ2n) is 5.62. The van der Waals surface area contributed by atoms with E-state index in [0.717, 1.165) is 10.6 Å². The quantitative estimate of drug-likeness (QED) is 0.831. The van der Waals surface area contributed by atoms with E-state index in [-0.39, 0.29) is 21.2 Å². The number of anilines is 1. The predicted molar refractivity (Wildman–Crippen MR) is 94.0 cm³/mol. The third kappa shape index (κ3) is 3.10. The number of nitrogens with one attached hydrogen (secondary N) is 1. The second-order valence-corrected chi connectivity index (χ2v) is 6.44. The number of pyridine rings is 1. The van der Waals surface area contributed by atoms with Gasteiger partial charge in [0.1, 0.15) is 11.9 Å². The van der Waals surface area contributed by atoms with Crippen molar-refractivity contribution in [1.29, 1.82) is 0 Å². The lowest BCUT2D eigenvalue weighted by molar-refractivity contribution is -0.119. The first-order valence-corrected chi connectivity index (χ1v) is 8.16. The molecule has 3 rings (SSSR count). The molecule has 1 N–H and O–H groups in total. The molecule has 1 aromatic carbocycles. The molecule has 0 unspecified atom stereocenters. The number of fused-ring (bicyclic) bond motifs is 1. The molecule has 8 heteroatoms. The van der Waals surface area contributed by atoms with Crippen molar-refractivity contribution in [3.8, 4) is 0 Å². The molecular weight excluding hydrogens is 365 g/mol. The number of rotatable bonds is 3. The maximum atomic E-state index is 12.5. The van der Waals surface area contributed by atoms with Crippen LogP contribution < -0.4 is 5.32 Å². The van der Waals surface area contributed by atoms with Gasteiger partial charge in [0.15, 0.2) is 0 Å². The summed E-state index contributed by atoms with van der Waals surface area (Å²) in [6.07, 6.45) is 0. The lowest BCUT2D eigenvalue weighted by Gasteiger charge is -2.21. The van der Waals surface area contributed by atoms with Crippen LogP contribution in [0.5, 0.6) is 0 Å². The number of carbonyl (C=O) groups is 3. The molecule has 0 saturated carbocycles. The van der Waals surface area contributed by atoms with Gasteiger partial charge in [-0.05, 0) is 38.1 Å². The Labute approximate surface area is 153 Å². The van der Waals surface area contributed by atoms with E-state index in [4.69, 9.17) is 23.2 Å². The molecular formula is C17H13Cl2N3O3. The topological polar surface area (TPSA) is 79.4 Å². The van der Waals surface area contributed by atoms with Gasteiger partial charge in [-0.1, -0.05) is 29.3 Å². The van der Waals surface area contributed by atoms with Gasteiger partial charge in [0, 0.05) is 5.69 Å². The van der Waals surface area contributed by atoms with Gasteiger partial charge in [-0.15, -0.1) is 0 Å². The summed E-state index contributed by atoms with van der Waals surface area (Å²) < 4.78 is 0. The third-order valence-electron chi connectivity index (χ3n) is 3.87. The van der Waals surface area contributed by atoms with Crippen LogP contribution in [0.2, 0.25) is 10.0 Å². The van der Waals surface area contributed by atoms with Gasteiger partial charge in [-0.2, -0.15) is 0 Å². The van der Waals surface area contributed by atoms with Crippen LogP contribution in [0.25, 0.3) is 0 Å². The number of imide groups is 1. The third-order valence-corrected chi connectivity index (χ3v) is 4.59. The molecule has 0 radical (unpaired) electrons. The van der Waals surface area contributed by atoms with Crippen molar-refractivity contribution in [2.24, 2.45) is 0 Å². The van der Waals surface area contributed by atoms with Crippen molar-refractivity contribution in [3.05, 3.63) is 57.2 Å². The summed E-state index contributed by atoms with van der Waals surface area (Å²) in [6, 6.07) is 6.82. The molecule has 0 saturated heterocycles. The molecule has 0 aliphatic carbocycles. The molecule has 1 aromatic heterocycles. The number of benzene rings is 1. The molecule has 25 heavy (non-hydrogen) atoms. The average molecular weight is 378 g/mol. The monoisotopic (exact) mass is 377 g/mol. The molecule has 2 heterocycles. The Morgan fingerprint density at radius 1 is 1.12 bits per heavy atom. The first-order chi connectivity index (χ1) is 11.8. The number of halogens is 2. The number of amides is 3. The van der Waals surface area contributed by atoms with Gasteiger partial charge in [-0.25, -0.2) is 4.98 Å². The predicted octanol–water partition coefficient (Wildman–Crippen LogP) is 3.32. The highest BCUT2D eigenvalue weighted by Gasteiger charge is 2.41. The van der Waals surface area contributed by atoms with Gasteiger partial charge < -0.3 is 5.32 Å². The summed E-state index contributed by atoms with van der Waals surface area (Å²) in [6.45, 7) is 3.26. The van der Waals surface area contributed by atoms with Crippen LogP contribution in [0.1, 0.15) is 33.3 Å². The second kappa shape index (κ2) is 6.46. The molecule has 1 aliphatic heterocycles. The number of aromatic nitrogens is 1. The van der Waals surface area contributed by atoms with E-state index in [1.54, 1.807) is 25.1 Å². The largest absolute Gasteiger partial charge is 0.309 e. The molecule has 0 spiro atoms. The molecule has 1 aliphatic rings. The Hall–Kier alpha value is -2.44. The molecule has 3 amide bonds. The summed E-state index contributed by atoms with van der Waals surface area (Å²) in [5, 5.41) is 2.94. The summed E-state index contributed by atoms with van der Waals surface area (Å²) in [7, 11) is 0. The van der Waals surface area contributed by atoms with Crippen LogP contribution >= 0.6 is 23.2 Å². The zero-order valence-electron chi connectivity index (χ0n) is 13.3. The minimum absolute atomic E-state index is 0.132. The first kappa shape index (κ1) is 17.4. The summed E-state index contributed by atoms with van der Waals surface area (Å²) >= 11 is 11.8. The Morgan fingerprint density at radius 2 is 1.68 bits per heavy atom. The van der Waals surface area contributed by atoms with Crippen molar-refractivity contribution in [2.45, 2.75) is 19.9 Å². The lowest BCUT2D eigenvalue weighted by Crippen LogP contribution is -2.45. The Kier molecular flexibility index (Phi) is 4.49. The van der Waals surface area contributed by atoms with Gasteiger partial charge in [0.2, 0.25) is 5.91 Å². The molecule has 0 fully saturated rings. The van der Waals surface area contributed by atoms with Crippen molar-refractivity contribution < 1.29 is 14.4 Å². The SMILES string of the molecule is Cc1cccc(NC(=O)[C@H](C)N2C(=O)c3cc(Cl)c(Cl)cc3C2=O)n1. The Morgan fingerprint density at radius 3 is 2.20 bits per heavy atom. The van der Waals surface area contributed by atoms with E-state index in [9.17, 15) is 14.4 Å². The van der Waals surface area contributed by atoms with E-state index in [2.05, 4.69) is 10.3 Å². The molecule has 1 atom stereocenters. The first-order valence-electron chi connectivity index (χ1n) is 7.41. The summed E-state index contributed by atoms with van der Waals surface area (Å²) in [4.78, 5) is 42.6. The average Bonchev–Trinajstić information content (AvgIpc) is 2.78. The van der Waals surface area contributed by atoms with E-state index >= 15 is 0 Å². The number of aryl methyl sites for hydroxylation is 1. The van der Waals surface area contributed by atoms with Crippen molar-refractivity contribution >= 4 is 46.7 Å². The normalized spacial score (nSPS) is 14.5. The van der Waals surface area contributed by atoms with Crippen molar-refractivity contribution in [1.82, 2.24) is 9.88 Å². The number of carbonyl (C=O) groups excluding carboxylic acids is 3. The van der Waals surface area contributed by atoms with Gasteiger partial charge in [0.25, 0.3) is 11.8 Å². The van der Waals surface area contributed by atoms with Crippen LogP contribution in [0.3, 0.4) is 0 Å². The van der Waals surface area contributed by atoms with Crippen LogP contribution in [0.15, 0.2) is 30.3 Å². The van der Waals surface area contributed by atoms with Crippen molar-refractivity contribution in [2.75, 3.05) is 5.32 Å². The van der Waals surface area contributed by atoms with Crippen LogP contribution in [0.4, 0.5) is 5.82 Å². The number of hydrogen-bond donors (Lipinski definition) is 1. The van der Waals surface area contributed by atoms with E-state index in [1.807, 2.05) is 0 Å². The number of hydrogen-bond acceptors (Lipinski definition) is 4. The van der Waals surface area contributed by atoms with Crippen LogP contribution in [0, 0.1) is 6.92 Å². The fraction of sp³-hybridized carbons (Fsp3) is 0.176. The Bertz CT molecular complexity index is 873. The summed E-state index contributed by atoms with van der Waals surface area (Å²) in [5.74, 6) is -1.35. The fourth-order valence-corrected chi connectivity index (χ4v) is 2.89. The lowest BCUT2D eigenvalue weighted by atomic mass is 10.1. The highest BCUT2D eigenvalue weighted by atomic mass is 35.5. The van der Waals surface area contributed by atoms with Gasteiger partial charge in [0.05, 0.1) is 21.2 Å². The molecule has 6 nitrogen and oxygen atoms in total. The maximum absolute atomic E-state index is 12.5. The van der Waals surface area contributed by atoms with E-state index in [1.165, 1.54) is 19.1 Å². The van der Waals surface area contributed by atoms with Crippen LogP contribution in [-0.2, 0) is 4.79 Å². The maximum Gasteiger partial charge on any atom is 0.262 e. The zero-order chi connectivity index (χ0) is 18.3. The van der Waals surface area contributed by atoms with E-state index < -0.39 is 23.8 Å². The fourth-order valence-electron chi connectivity index (χ4n) is 2.56. The van der Waals surface area contributed by atoms with Gasteiger partial charge in [-0.3, -0.25) is 19.3 Å². The minimum atomic E-state index is -1.02. The van der Waals surface area contributed by atoms with Crippen molar-refractivity contribution in [3.63, 3.8) is 0 Å². The standard InChI is InChI=1S/C17H13Cl2N3O3/c1-8-4-3-5-14(20-8)21-15(23)9(2)22-16(24)10-6-12(18)13(19)7-11(10)17(22)25/h3-7,9H,1-2H3,(H,20,21,23)/t9-/m0/s1. The number of nitrogens with zero attached hydrogens (tertiary/aromatic N) is 2. The smallest absolute Gasteiger partial charge is 0.262 e. The zero-order valence-corrected chi connectivity index (χ0v) is 14.9. The summed E-state index contributed by atoms with van der Waals surface area (Å²) in [5.41, 5.74) is 0.996. The van der Waals surface area contributed by atoms with Crippen LogP contribution in [-0.4, -0.2) is 33.6 Å². The molecule has 0 bridgehead atoms. The van der Waals surface area contributed by atoms with E-state index in [0.29, 0.717) is 5.82 Å². The molecule has 2 aromatic rings. The highest BCUT2D eigenvalue weighted by molar-refractivity contribution is 6.43. The highest BCUT2D eigenvalue weighted by Crippen LogP contribution is 2.32. The minimum Gasteiger partial charge on any atom is -0.309 e. The van der Waals surface area contributed by atoms with Gasteiger partial charge >= 0.3 is 0 Å².